The number of pyridine rings is 1. The second-order valence-corrected chi connectivity index (χ2v) is 6.28. The molecule has 0 aliphatic rings. The number of nitrogens with one attached hydrogen (secondary N) is 1. The Morgan fingerprint density at radius 1 is 1.04 bits per heavy atom. The number of alkyl halides is 3. The van der Waals surface area contributed by atoms with E-state index in [2.05, 4.69) is 10.3 Å². The highest BCUT2D eigenvalue weighted by Gasteiger charge is 2.29. The standard InChI is InChI=1S/C21H18F3N3O/c1-27(14-15-5-3-2-4-6-15)20(28)16-11-12-25-19(13-16)26-18-9-7-17(8-10-18)21(22,23)24/h2-13H,14H2,1H3,(H,25,26). The Labute approximate surface area is 160 Å². The van der Waals surface area contributed by atoms with Gasteiger partial charge in [-0.25, -0.2) is 4.98 Å². The van der Waals surface area contributed by atoms with Crippen LogP contribution in [0, 0.1) is 0 Å². The molecule has 0 atom stereocenters. The predicted octanol–water partition coefficient (Wildman–Crippen LogP) is 5.12. The zero-order chi connectivity index (χ0) is 20.1. The third kappa shape index (κ3) is 4.88. The van der Waals surface area contributed by atoms with Crippen LogP contribution in [0.25, 0.3) is 0 Å². The molecule has 0 spiro atoms. The largest absolute Gasteiger partial charge is 0.416 e. The summed E-state index contributed by atoms with van der Waals surface area (Å²) in [6.07, 6.45) is -2.90. The molecule has 0 fully saturated rings. The van der Waals surface area contributed by atoms with Crippen molar-refractivity contribution < 1.29 is 18.0 Å². The second-order valence-electron chi connectivity index (χ2n) is 6.28. The van der Waals surface area contributed by atoms with E-state index in [4.69, 9.17) is 0 Å². The smallest absolute Gasteiger partial charge is 0.340 e. The first-order chi connectivity index (χ1) is 13.3. The predicted molar refractivity (Wildman–Crippen MR) is 101 cm³/mol. The Morgan fingerprint density at radius 3 is 2.36 bits per heavy atom. The van der Waals surface area contributed by atoms with Crippen LogP contribution < -0.4 is 5.32 Å². The van der Waals surface area contributed by atoms with Crippen molar-refractivity contribution in [2.75, 3.05) is 12.4 Å². The number of hydrogen-bond acceptors (Lipinski definition) is 3. The summed E-state index contributed by atoms with van der Waals surface area (Å²) in [4.78, 5) is 18.4. The lowest BCUT2D eigenvalue weighted by Gasteiger charge is -2.18. The molecule has 1 heterocycles. The van der Waals surface area contributed by atoms with Crippen molar-refractivity contribution in [2.45, 2.75) is 12.7 Å². The van der Waals surface area contributed by atoms with E-state index in [9.17, 15) is 18.0 Å². The second kappa shape index (κ2) is 8.12. The Hall–Kier alpha value is -3.35. The first-order valence-corrected chi connectivity index (χ1v) is 8.52. The number of hydrogen-bond donors (Lipinski definition) is 1. The summed E-state index contributed by atoms with van der Waals surface area (Å²) in [5.41, 5.74) is 1.17. The highest BCUT2D eigenvalue weighted by atomic mass is 19.4. The minimum Gasteiger partial charge on any atom is -0.340 e. The maximum absolute atomic E-state index is 12.7. The fourth-order valence-electron chi connectivity index (χ4n) is 2.67. The van der Waals surface area contributed by atoms with Gasteiger partial charge in [-0.1, -0.05) is 30.3 Å². The molecule has 0 aliphatic carbocycles. The molecule has 0 saturated carbocycles. The van der Waals surface area contributed by atoms with Crippen molar-refractivity contribution in [3.05, 3.63) is 89.6 Å². The van der Waals surface area contributed by atoms with Gasteiger partial charge in [0.05, 0.1) is 5.56 Å². The molecule has 3 aromatic rings. The van der Waals surface area contributed by atoms with Crippen molar-refractivity contribution in [3.8, 4) is 0 Å². The zero-order valence-corrected chi connectivity index (χ0v) is 15.1. The summed E-state index contributed by atoms with van der Waals surface area (Å²) in [5.74, 6) is 0.195. The van der Waals surface area contributed by atoms with Crippen LogP contribution in [0.2, 0.25) is 0 Å². The van der Waals surface area contributed by atoms with Crippen LogP contribution in [0.4, 0.5) is 24.7 Å². The number of nitrogens with zero attached hydrogens (tertiary/aromatic N) is 2. The van der Waals surface area contributed by atoms with E-state index < -0.39 is 11.7 Å². The summed E-state index contributed by atoms with van der Waals surface area (Å²) < 4.78 is 37.9. The lowest BCUT2D eigenvalue weighted by atomic mass is 10.2. The first-order valence-electron chi connectivity index (χ1n) is 8.52. The third-order valence-electron chi connectivity index (χ3n) is 4.10. The van der Waals surface area contributed by atoms with Gasteiger partial charge in [0.15, 0.2) is 0 Å². The number of rotatable bonds is 5. The van der Waals surface area contributed by atoms with E-state index in [0.717, 1.165) is 17.7 Å². The quantitative estimate of drug-likeness (QED) is 0.663. The number of halogens is 3. The van der Waals surface area contributed by atoms with E-state index in [1.165, 1.54) is 18.3 Å². The monoisotopic (exact) mass is 385 g/mol. The van der Waals surface area contributed by atoms with Gasteiger partial charge < -0.3 is 10.2 Å². The van der Waals surface area contributed by atoms with Crippen molar-refractivity contribution in [3.63, 3.8) is 0 Å². The summed E-state index contributed by atoms with van der Waals surface area (Å²) in [6, 6.07) is 17.4. The Bertz CT molecular complexity index is 941. The van der Waals surface area contributed by atoms with E-state index in [1.807, 2.05) is 30.3 Å². The number of carbonyl (C=O) groups is 1. The van der Waals surface area contributed by atoms with Crippen LogP contribution >= 0.6 is 0 Å². The molecule has 2 aromatic carbocycles. The van der Waals surface area contributed by atoms with Gasteiger partial charge in [-0.2, -0.15) is 13.2 Å². The van der Waals surface area contributed by atoms with E-state index in [-0.39, 0.29) is 5.91 Å². The number of anilines is 2. The molecule has 28 heavy (non-hydrogen) atoms. The molecule has 0 aliphatic heterocycles. The SMILES string of the molecule is CN(Cc1ccccc1)C(=O)c1ccnc(Nc2ccc(C(F)(F)F)cc2)c1. The van der Waals surface area contributed by atoms with Gasteiger partial charge in [-0.3, -0.25) is 4.79 Å². The molecule has 0 saturated heterocycles. The third-order valence-corrected chi connectivity index (χ3v) is 4.10. The molecule has 144 valence electrons. The average molecular weight is 385 g/mol. The van der Waals surface area contributed by atoms with Crippen LogP contribution in [0.15, 0.2) is 72.9 Å². The van der Waals surface area contributed by atoms with Crippen molar-refractivity contribution in [1.82, 2.24) is 9.88 Å². The van der Waals surface area contributed by atoms with Crippen molar-refractivity contribution in [2.24, 2.45) is 0 Å². The summed E-state index contributed by atoms with van der Waals surface area (Å²) in [6.45, 7) is 0.462. The van der Waals surface area contributed by atoms with E-state index in [0.29, 0.717) is 23.6 Å². The number of amides is 1. The van der Waals surface area contributed by atoms with Gasteiger partial charge in [0, 0.05) is 31.0 Å². The molecule has 3 rings (SSSR count). The highest BCUT2D eigenvalue weighted by molar-refractivity contribution is 5.94. The molecular weight excluding hydrogens is 367 g/mol. The topological polar surface area (TPSA) is 45.2 Å². The number of benzene rings is 2. The van der Waals surface area contributed by atoms with Crippen molar-refractivity contribution in [1.29, 1.82) is 0 Å². The molecule has 1 aromatic heterocycles. The molecular formula is C21H18F3N3O. The van der Waals surface area contributed by atoms with Crippen molar-refractivity contribution >= 4 is 17.4 Å². The van der Waals surface area contributed by atoms with Crippen LogP contribution in [0.5, 0.6) is 0 Å². The minimum absolute atomic E-state index is 0.179. The van der Waals surface area contributed by atoms with Crippen LogP contribution in [-0.4, -0.2) is 22.8 Å². The molecule has 4 nitrogen and oxygen atoms in total. The molecule has 7 heteroatoms. The first kappa shape index (κ1) is 19.4. The maximum atomic E-state index is 12.7. The number of carbonyl (C=O) groups excluding carboxylic acids is 1. The van der Waals surface area contributed by atoms with Gasteiger partial charge in [0.1, 0.15) is 5.82 Å². The average Bonchev–Trinajstić information content (AvgIpc) is 2.68. The number of aromatic nitrogens is 1. The zero-order valence-electron chi connectivity index (χ0n) is 15.1. The summed E-state index contributed by atoms with van der Waals surface area (Å²) >= 11 is 0. The Kier molecular flexibility index (Phi) is 5.63. The maximum Gasteiger partial charge on any atom is 0.416 e. The fourth-order valence-corrected chi connectivity index (χ4v) is 2.67. The van der Waals surface area contributed by atoms with Gasteiger partial charge in [-0.05, 0) is 42.0 Å². The summed E-state index contributed by atoms with van der Waals surface area (Å²) in [7, 11) is 1.71. The van der Waals surface area contributed by atoms with E-state index in [1.54, 1.807) is 24.1 Å². The lowest BCUT2D eigenvalue weighted by molar-refractivity contribution is -0.137. The minimum atomic E-state index is -4.38. The lowest BCUT2D eigenvalue weighted by Crippen LogP contribution is -2.26. The fraction of sp³-hybridized carbons (Fsp3) is 0.143. The normalized spacial score (nSPS) is 11.1. The molecule has 1 N–H and O–H groups in total. The Balaban J connectivity index is 1.70. The highest BCUT2D eigenvalue weighted by Crippen LogP contribution is 2.30. The molecule has 0 radical (unpaired) electrons. The van der Waals surface area contributed by atoms with Gasteiger partial charge in [-0.15, -0.1) is 0 Å². The molecule has 1 amide bonds. The van der Waals surface area contributed by atoms with Crippen LogP contribution in [0.3, 0.4) is 0 Å². The van der Waals surface area contributed by atoms with Gasteiger partial charge in [0.25, 0.3) is 5.91 Å². The summed E-state index contributed by atoms with van der Waals surface area (Å²) in [5, 5.41) is 2.92. The van der Waals surface area contributed by atoms with Crippen LogP contribution in [-0.2, 0) is 12.7 Å². The van der Waals surface area contributed by atoms with Gasteiger partial charge in [0.2, 0.25) is 0 Å². The van der Waals surface area contributed by atoms with Gasteiger partial charge >= 0.3 is 6.18 Å². The van der Waals surface area contributed by atoms with E-state index >= 15 is 0 Å². The molecule has 0 unspecified atom stereocenters. The Morgan fingerprint density at radius 2 is 1.71 bits per heavy atom. The molecule has 0 bridgehead atoms. The van der Waals surface area contributed by atoms with Crippen LogP contribution in [0.1, 0.15) is 21.5 Å².